The summed E-state index contributed by atoms with van der Waals surface area (Å²) in [5.74, 6) is -0.316. The third-order valence-electron chi connectivity index (χ3n) is 4.69. The monoisotopic (exact) mass is 396 g/mol. The summed E-state index contributed by atoms with van der Waals surface area (Å²) in [5, 5.41) is 2.76. The first-order chi connectivity index (χ1) is 14.0. The van der Waals surface area contributed by atoms with Gasteiger partial charge in [-0.05, 0) is 44.2 Å². The molecule has 0 unspecified atom stereocenters. The molecule has 1 N–H and O–H groups in total. The molecule has 0 spiro atoms. The van der Waals surface area contributed by atoms with Crippen molar-refractivity contribution in [2.75, 3.05) is 31.1 Å². The molecule has 1 aromatic heterocycles. The summed E-state index contributed by atoms with van der Waals surface area (Å²) in [6.45, 7) is 4.94. The normalized spacial score (nSPS) is 12.8. The van der Waals surface area contributed by atoms with E-state index in [0.717, 1.165) is 5.69 Å². The summed E-state index contributed by atoms with van der Waals surface area (Å²) in [5.41, 5.74) is 1.60. The minimum absolute atomic E-state index is 0.129. The smallest absolute Gasteiger partial charge is 0.265 e. The van der Waals surface area contributed by atoms with Gasteiger partial charge in [0, 0.05) is 24.8 Å². The van der Waals surface area contributed by atoms with E-state index in [0.29, 0.717) is 30.1 Å². The molecule has 0 radical (unpaired) electrons. The predicted octanol–water partition coefficient (Wildman–Crippen LogP) is 1.61. The fourth-order valence-electron chi connectivity index (χ4n) is 3.09. The minimum atomic E-state index is -0.335. The van der Waals surface area contributed by atoms with Gasteiger partial charge in [-0.3, -0.25) is 24.3 Å². The van der Waals surface area contributed by atoms with Crippen molar-refractivity contribution in [1.29, 1.82) is 0 Å². The van der Waals surface area contributed by atoms with Crippen LogP contribution in [0, 0.1) is 0 Å². The Kier molecular flexibility index (Phi) is 6.43. The lowest BCUT2D eigenvalue weighted by Crippen LogP contribution is -2.45. The maximum absolute atomic E-state index is 12.7. The lowest BCUT2D eigenvalue weighted by atomic mass is 10.1. The quantitative estimate of drug-likeness (QED) is 0.768. The Bertz CT molecular complexity index is 897. The third kappa shape index (κ3) is 4.71. The highest BCUT2D eigenvalue weighted by atomic mass is 16.5. The zero-order chi connectivity index (χ0) is 20.8. The van der Waals surface area contributed by atoms with Crippen LogP contribution in [0.5, 0.6) is 5.75 Å². The van der Waals surface area contributed by atoms with Crippen molar-refractivity contribution in [3.05, 3.63) is 53.9 Å². The Morgan fingerprint density at radius 1 is 1.21 bits per heavy atom. The molecule has 8 heteroatoms. The largest absolute Gasteiger partial charge is 0.482 e. The second kappa shape index (κ2) is 9.18. The molecule has 2 aromatic rings. The number of hydrogen-bond donors (Lipinski definition) is 1. The first-order valence-electron chi connectivity index (χ1n) is 9.56. The van der Waals surface area contributed by atoms with E-state index >= 15 is 0 Å². The second-order valence-corrected chi connectivity index (χ2v) is 6.53. The van der Waals surface area contributed by atoms with Gasteiger partial charge in [-0.25, -0.2) is 0 Å². The topological polar surface area (TPSA) is 91.8 Å². The first kappa shape index (κ1) is 20.3. The van der Waals surface area contributed by atoms with Crippen LogP contribution in [0.2, 0.25) is 0 Å². The zero-order valence-corrected chi connectivity index (χ0v) is 16.6. The SMILES string of the molecule is CCN(CC)C(=O)c1ccc2c(c1)N(CC(=O)NCc1ccccn1)C(=O)CO2. The molecule has 0 aliphatic carbocycles. The Morgan fingerprint density at radius 2 is 2.00 bits per heavy atom. The van der Waals surface area contributed by atoms with Crippen LogP contribution in [0.3, 0.4) is 0 Å². The van der Waals surface area contributed by atoms with E-state index in [9.17, 15) is 14.4 Å². The fraction of sp³-hybridized carbons (Fsp3) is 0.333. The summed E-state index contributed by atoms with van der Waals surface area (Å²) in [6, 6.07) is 10.4. The van der Waals surface area contributed by atoms with E-state index in [2.05, 4.69) is 10.3 Å². The number of nitrogens with one attached hydrogen (secondary N) is 1. The van der Waals surface area contributed by atoms with Crippen LogP contribution in [-0.4, -0.2) is 53.8 Å². The Hall–Kier alpha value is -3.42. The van der Waals surface area contributed by atoms with Gasteiger partial charge in [-0.2, -0.15) is 0 Å². The number of fused-ring (bicyclic) bond motifs is 1. The molecule has 2 heterocycles. The molecule has 0 saturated carbocycles. The van der Waals surface area contributed by atoms with Crippen molar-refractivity contribution >= 4 is 23.4 Å². The number of hydrogen-bond acceptors (Lipinski definition) is 5. The van der Waals surface area contributed by atoms with Crippen LogP contribution in [-0.2, 0) is 16.1 Å². The lowest BCUT2D eigenvalue weighted by Gasteiger charge is -2.29. The van der Waals surface area contributed by atoms with Crippen molar-refractivity contribution in [3.8, 4) is 5.75 Å². The van der Waals surface area contributed by atoms with Gasteiger partial charge >= 0.3 is 0 Å². The molecule has 0 saturated heterocycles. The maximum atomic E-state index is 12.7. The van der Waals surface area contributed by atoms with Crippen molar-refractivity contribution in [2.24, 2.45) is 0 Å². The van der Waals surface area contributed by atoms with Gasteiger partial charge in [0.15, 0.2) is 6.61 Å². The van der Waals surface area contributed by atoms with E-state index in [4.69, 9.17) is 4.74 Å². The van der Waals surface area contributed by atoms with Crippen molar-refractivity contribution < 1.29 is 19.1 Å². The maximum Gasteiger partial charge on any atom is 0.265 e. The number of anilines is 1. The number of carbonyl (C=O) groups excluding carboxylic acids is 3. The van der Waals surface area contributed by atoms with E-state index < -0.39 is 0 Å². The average Bonchev–Trinajstić information content (AvgIpc) is 2.75. The number of amides is 3. The fourth-order valence-corrected chi connectivity index (χ4v) is 3.09. The molecule has 29 heavy (non-hydrogen) atoms. The van der Waals surface area contributed by atoms with E-state index in [1.165, 1.54) is 4.90 Å². The molecule has 1 aliphatic heterocycles. The highest BCUT2D eigenvalue weighted by molar-refractivity contribution is 6.04. The van der Waals surface area contributed by atoms with Crippen molar-refractivity contribution in [1.82, 2.24) is 15.2 Å². The van der Waals surface area contributed by atoms with E-state index in [1.807, 2.05) is 19.9 Å². The Labute approximate surface area is 169 Å². The summed E-state index contributed by atoms with van der Waals surface area (Å²) in [4.78, 5) is 44.7. The summed E-state index contributed by atoms with van der Waals surface area (Å²) >= 11 is 0. The molecule has 1 aromatic carbocycles. The summed E-state index contributed by atoms with van der Waals surface area (Å²) in [7, 11) is 0. The van der Waals surface area contributed by atoms with Crippen LogP contribution >= 0.6 is 0 Å². The van der Waals surface area contributed by atoms with Crippen LogP contribution < -0.4 is 15.0 Å². The van der Waals surface area contributed by atoms with Crippen LogP contribution in [0.25, 0.3) is 0 Å². The Morgan fingerprint density at radius 3 is 2.69 bits per heavy atom. The van der Waals surface area contributed by atoms with Gasteiger partial charge < -0.3 is 15.0 Å². The van der Waals surface area contributed by atoms with Gasteiger partial charge in [0.05, 0.1) is 17.9 Å². The number of carbonyl (C=O) groups is 3. The molecular weight excluding hydrogens is 372 g/mol. The first-order valence-corrected chi connectivity index (χ1v) is 9.56. The van der Waals surface area contributed by atoms with E-state index in [-0.39, 0.29) is 37.4 Å². The highest BCUT2D eigenvalue weighted by Gasteiger charge is 2.28. The molecule has 3 rings (SSSR count). The summed E-state index contributed by atoms with van der Waals surface area (Å²) in [6.07, 6.45) is 1.65. The van der Waals surface area contributed by atoms with Gasteiger partial charge in [-0.1, -0.05) is 6.07 Å². The van der Waals surface area contributed by atoms with Crippen LogP contribution in [0.15, 0.2) is 42.6 Å². The van der Waals surface area contributed by atoms with Gasteiger partial charge in [-0.15, -0.1) is 0 Å². The van der Waals surface area contributed by atoms with Crippen molar-refractivity contribution in [2.45, 2.75) is 20.4 Å². The lowest BCUT2D eigenvalue weighted by molar-refractivity contribution is -0.125. The minimum Gasteiger partial charge on any atom is -0.482 e. The molecule has 8 nitrogen and oxygen atoms in total. The molecule has 152 valence electrons. The van der Waals surface area contributed by atoms with Crippen LogP contribution in [0.4, 0.5) is 5.69 Å². The molecule has 3 amide bonds. The number of ether oxygens (including phenoxy) is 1. The molecule has 0 atom stereocenters. The zero-order valence-electron chi connectivity index (χ0n) is 16.6. The number of benzene rings is 1. The molecule has 0 bridgehead atoms. The van der Waals surface area contributed by atoms with Gasteiger partial charge in [0.1, 0.15) is 12.3 Å². The van der Waals surface area contributed by atoms with Crippen LogP contribution in [0.1, 0.15) is 29.9 Å². The molecule has 0 fully saturated rings. The molecule has 1 aliphatic rings. The predicted molar refractivity (Wildman–Crippen MR) is 108 cm³/mol. The third-order valence-corrected chi connectivity index (χ3v) is 4.69. The standard InChI is InChI=1S/C21H24N4O4/c1-3-24(4-2)21(28)15-8-9-18-17(11-15)25(20(27)14-29-18)13-19(26)23-12-16-7-5-6-10-22-16/h5-11H,3-4,12-14H2,1-2H3,(H,23,26). The number of pyridine rings is 1. The highest BCUT2D eigenvalue weighted by Crippen LogP contribution is 2.33. The van der Waals surface area contributed by atoms with Gasteiger partial charge in [0.25, 0.3) is 11.8 Å². The second-order valence-electron chi connectivity index (χ2n) is 6.53. The number of nitrogens with zero attached hydrogens (tertiary/aromatic N) is 3. The average molecular weight is 396 g/mol. The van der Waals surface area contributed by atoms with Gasteiger partial charge in [0.2, 0.25) is 5.91 Å². The summed E-state index contributed by atoms with van der Waals surface area (Å²) < 4.78 is 5.47. The number of aromatic nitrogens is 1. The van der Waals surface area contributed by atoms with Crippen molar-refractivity contribution in [3.63, 3.8) is 0 Å². The molecular formula is C21H24N4O4. The van der Waals surface area contributed by atoms with E-state index in [1.54, 1.807) is 41.4 Å². The number of rotatable bonds is 7. The Balaban J connectivity index is 1.76.